The van der Waals surface area contributed by atoms with E-state index in [0.717, 1.165) is 5.56 Å². The lowest BCUT2D eigenvalue weighted by Crippen LogP contribution is -2.28. The molecular formula is C12H16ClNO3. The summed E-state index contributed by atoms with van der Waals surface area (Å²) in [5, 5.41) is 11.7. The second kappa shape index (κ2) is 7.14. The van der Waals surface area contributed by atoms with Gasteiger partial charge in [0.25, 0.3) is 0 Å². The van der Waals surface area contributed by atoms with Gasteiger partial charge >= 0.3 is 0 Å². The molecule has 1 amide bonds. The summed E-state index contributed by atoms with van der Waals surface area (Å²) >= 11 is 6.02. The number of carbonyl (C=O) groups is 1. The number of ether oxygens (including phenoxy) is 1. The lowest BCUT2D eigenvalue weighted by Gasteiger charge is -2.08. The van der Waals surface area contributed by atoms with E-state index in [0.29, 0.717) is 30.3 Å². The van der Waals surface area contributed by atoms with Crippen molar-refractivity contribution in [2.24, 2.45) is 0 Å². The summed E-state index contributed by atoms with van der Waals surface area (Å²) in [6.45, 7) is 2.47. The molecule has 0 heterocycles. The number of benzene rings is 1. The van der Waals surface area contributed by atoms with Crippen LogP contribution in [0.25, 0.3) is 0 Å². The van der Waals surface area contributed by atoms with Crippen molar-refractivity contribution in [2.45, 2.75) is 13.3 Å². The molecule has 0 spiro atoms. The zero-order valence-corrected chi connectivity index (χ0v) is 10.5. The summed E-state index contributed by atoms with van der Waals surface area (Å²) in [6, 6.07) is 5.54. The van der Waals surface area contributed by atoms with Crippen molar-refractivity contribution in [3.05, 3.63) is 28.8 Å². The summed E-state index contributed by atoms with van der Waals surface area (Å²) in [7, 11) is 0. The van der Waals surface area contributed by atoms with E-state index in [4.69, 9.17) is 21.4 Å². The molecule has 17 heavy (non-hydrogen) atoms. The summed E-state index contributed by atoms with van der Waals surface area (Å²) in [5.41, 5.74) is 1.01. The maximum atomic E-state index is 10.8. The summed E-state index contributed by atoms with van der Waals surface area (Å²) in [6.07, 6.45) is 0.665. The van der Waals surface area contributed by atoms with Gasteiger partial charge in [0.1, 0.15) is 12.4 Å². The Morgan fingerprint density at radius 2 is 2.29 bits per heavy atom. The number of carbonyl (C=O) groups excluding carboxylic acids is 1. The molecule has 0 atom stereocenters. The highest BCUT2D eigenvalue weighted by molar-refractivity contribution is 6.32. The van der Waals surface area contributed by atoms with E-state index in [1.54, 1.807) is 0 Å². The Kier molecular flexibility index (Phi) is 5.80. The van der Waals surface area contributed by atoms with Crippen LogP contribution in [0.1, 0.15) is 12.5 Å². The fourth-order valence-electron chi connectivity index (χ4n) is 1.37. The lowest BCUT2D eigenvalue weighted by atomic mass is 10.1. The summed E-state index contributed by atoms with van der Waals surface area (Å²) in [4.78, 5) is 10.8. The van der Waals surface area contributed by atoms with E-state index in [2.05, 4.69) is 5.32 Å². The molecule has 1 aromatic carbocycles. The second-order valence-corrected chi connectivity index (χ2v) is 3.86. The number of amides is 1. The number of rotatable bonds is 6. The largest absolute Gasteiger partial charge is 0.492 e. The van der Waals surface area contributed by atoms with E-state index >= 15 is 0 Å². The SMILES string of the molecule is CCOc1ccc(CCNC(=O)CO)cc1Cl. The topological polar surface area (TPSA) is 58.6 Å². The third-order valence-corrected chi connectivity index (χ3v) is 2.47. The first-order chi connectivity index (χ1) is 8.17. The fraction of sp³-hybridized carbons (Fsp3) is 0.417. The molecule has 0 aliphatic carbocycles. The highest BCUT2D eigenvalue weighted by Gasteiger charge is 2.03. The maximum Gasteiger partial charge on any atom is 0.245 e. The van der Waals surface area contributed by atoms with Crippen LogP contribution in [0.2, 0.25) is 5.02 Å². The Morgan fingerprint density at radius 1 is 1.53 bits per heavy atom. The van der Waals surface area contributed by atoms with Crippen molar-refractivity contribution in [3.8, 4) is 5.75 Å². The van der Waals surface area contributed by atoms with Gasteiger partial charge in [0.05, 0.1) is 11.6 Å². The second-order valence-electron chi connectivity index (χ2n) is 3.46. The average molecular weight is 258 g/mol. The van der Waals surface area contributed by atoms with Crippen LogP contribution < -0.4 is 10.1 Å². The van der Waals surface area contributed by atoms with Crippen molar-refractivity contribution in [2.75, 3.05) is 19.8 Å². The third kappa shape index (κ3) is 4.63. The molecule has 0 aliphatic heterocycles. The van der Waals surface area contributed by atoms with Crippen LogP contribution in [0.4, 0.5) is 0 Å². The van der Waals surface area contributed by atoms with Crippen molar-refractivity contribution >= 4 is 17.5 Å². The molecule has 0 unspecified atom stereocenters. The lowest BCUT2D eigenvalue weighted by molar-refractivity contribution is -0.123. The first-order valence-electron chi connectivity index (χ1n) is 5.46. The van der Waals surface area contributed by atoms with Gasteiger partial charge in [-0.1, -0.05) is 17.7 Å². The fourth-order valence-corrected chi connectivity index (χ4v) is 1.63. The van der Waals surface area contributed by atoms with Crippen molar-refractivity contribution in [1.29, 1.82) is 0 Å². The molecule has 2 N–H and O–H groups in total. The zero-order valence-electron chi connectivity index (χ0n) is 9.70. The molecule has 0 fully saturated rings. The number of nitrogens with one attached hydrogen (secondary N) is 1. The van der Waals surface area contributed by atoms with E-state index in [-0.39, 0.29) is 5.91 Å². The maximum absolute atomic E-state index is 10.8. The minimum absolute atomic E-state index is 0.373. The van der Waals surface area contributed by atoms with Crippen LogP contribution >= 0.6 is 11.6 Å². The molecule has 1 aromatic rings. The van der Waals surface area contributed by atoms with Crippen LogP contribution in [0.15, 0.2) is 18.2 Å². The molecular weight excluding hydrogens is 242 g/mol. The smallest absolute Gasteiger partial charge is 0.245 e. The predicted octanol–water partition coefficient (Wildman–Crippen LogP) is 1.39. The number of aliphatic hydroxyl groups excluding tert-OH is 1. The predicted molar refractivity (Wildman–Crippen MR) is 66.4 cm³/mol. The van der Waals surface area contributed by atoms with Crippen LogP contribution in [0.3, 0.4) is 0 Å². The Hall–Kier alpha value is -1.26. The van der Waals surface area contributed by atoms with Crippen LogP contribution in [0, 0.1) is 0 Å². The van der Waals surface area contributed by atoms with Gasteiger partial charge in [0, 0.05) is 6.54 Å². The first kappa shape index (κ1) is 13.8. The Labute approximate surface area is 106 Å². The van der Waals surface area contributed by atoms with Gasteiger partial charge in [-0.3, -0.25) is 4.79 Å². The van der Waals surface area contributed by atoms with E-state index in [1.165, 1.54) is 0 Å². The summed E-state index contributed by atoms with van der Waals surface area (Å²) in [5.74, 6) is 0.291. The average Bonchev–Trinajstić information content (AvgIpc) is 2.32. The number of halogens is 1. The molecule has 0 aliphatic rings. The molecule has 5 heteroatoms. The minimum atomic E-state index is -0.482. The molecule has 0 radical (unpaired) electrons. The molecule has 94 valence electrons. The molecule has 0 bridgehead atoms. The number of aliphatic hydroxyl groups is 1. The highest BCUT2D eigenvalue weighted by Crippen LogP contribution is 2.25. The Morgan fingerprint density at radius 3 is 2.88 bits per heavy atom. The molecule has 1 rings (SSSR count). The molecule has 4 nitrogen and oxygen atoms in total. The van der Waals surface area contributed by atoms with E-state index in [9.17, 15) is 4.79 Å². The van der Waals surface area contributed by atoms with Crippen molar-refractivity contribution in [1.82, 2.24) is 5.32 Å². The van der Waals surface area contributed by atoms with Gasteiger partial charge in [-0.05, 0) is 31.0 Å². The van der Waals surface area contributed by atoms with Crippen molar-refractivity contribution < 1.29 is 14.6 Å². The highest BCUT2D eigenvalue weighted by atomic mass is 35.5. The van der Waals surface area contributed by atoms with Gasteiger partial charge in [-0.2, -0.15) is 0 Å². The van der Waals surface area contributed by atoms with Gasteiger partial charge in [0.2, 0.25) is 5.91 Å². The van der Waals surface area contributed by atoms with E-state index in [1.807, 2.05) is 25.1 Å². The number of hydrogen-bond donors (Lipinski definition) is 2. The standard InChI is InChI=1S/C12H16ClNO3/c1-2-17-11-4-3-9(7-10(11)13)5-6-14-12(16)8-15/h3-4,7,15H,2,5-6,8H2,1H3,(H,14,16). The van der Waals surface area contributed by atoms with Crippen LogP contribution in [-0.4, -0.2) is 30.8 Å². The first-order valence-corrected chi connectivity index (χ1v) is 5.84. The summed E-state index contributed by atoms with van der Waals surface area (Å²) < 4.78 is 5.32. The van der Waals surface area contributed by atoms with E-state index < -0.39 is 6.61 Å². The van der Waals surface area contributed by atoms with Crippen LogP contribution in [-0.2, 0) is 11.2 Å². The van der Waals surface area contributed by atoms with Gasteiger partial charge in [-0.15, -0.1) is 0 Å². The van der Waals surface area contributed by atoms with Gasteiger partial charge in [0.15, 0.2) is 0 Å². The van der Waals surface area contributed by atoms with Gasteiger partial charge < -0.3 is 15.2 Å². The normalized spacial score (nSPS) is 10.1. The Bertz CT molecular complexity index is 382. The van der Waals surface area contributed by atoms with Crippen LogP contribution in [0.5, 0.6) is 5.75 Å². The Balaban J connectivity index is 2.50. The van der Waals surface area contributed by atoms with Crippen molar-refractivity contribution in [3.63, 3.8) is 0 Å². The zero-order chi connectivity index (χ0) is 12.7. The van der Waals surface area contributed by atoms with Gasteiger partial charge in [-0.25, -0.2) is 0 Å². The molecule has 0 saturated heterocycles. The molecule has 0 aromatic heterocycles. The molecule has 0 saturated carbocycles. The number of hydrogen-bond acceptors (Lipinski definition) is 3. The minimum Gasteiger partial charge on any atom is -0.492 e. The quantitative estimate of drug-likeness (QED) is 0.810. The third-order valence-electron chi connectivity index (χ3n) is 2.18. The monoisotopic (exact) mass is 257 g/mol.